The van der Waals surface area contributed by atoms with Crippen molar-refractivity contribution in [2.45, 2.75) is 19.3 Å². The highest BCUT2D eigenvalue weighted by molar-refractivity contribution is 7.11. The van der Waals surface area contributed by atoms with Crippen LogP contribution >= 0.6 is 11.3 Å². The van der Waals surface area contributed by atoms with Crippen molar-refractivity contribution in [1.29, 1.82) is 0 Å². The predicted octanol–water partition coefficient (Wildman–Crippen LogP) is 0.809. The number of aldehydes is 1. The highest BCUT2D eigenvalue weighted by Crippen LogP contribution is 2.14. The van der Waals surface area contributed by atoms with Gasteiger partial charge in [-0.15, -0.1) is 11.3 Å². The Balaban J connectivity index is 2.46. The molecule has 0 unspecified atom stereocenters. The van der Waals surface area contributed by atoms with Gasteiger partial charge in [-0.25, -0.2) is 4.98 Å². The standard InChI is InChI=1S/C8H11NO2S/c10-4-1-2-8-9-6-7(12-8)3-5-11/h5-6,10H,1-4H2. The van der Waals surface area contributed by atoms with E-state index in [1.54, 1.807) is 17.5 Å². The Bertz CT molecular complexity index is 247. The Labute approximate surface area is 75.1 Å². The maximum absolute atomic E-state index is 10.1. The number of thiazole rings is 1. The first-order valence-electron chi connectivity index (χ1n) is 3.85. The van der Waals surface area contributed by atoms with Gasteiger partial charge in [0.2, 0.25) is 0 Å². The molecule has 0 aliphatic carbocycles. The highest BCUT2D eigenvalue weighted by Gasteiger charge is 2.00. The first-order valence-corrected chi connectivity index (χ1v) is 4.66. The minimum atomic E-state index is 0.197. The first kappa shape index (κ1) is 9.35. The van der Waals surface area contributed by atoms with Crippen molar-refractivity contribution < 1.29 is 9.90 Å². The van der Waals surface area contributed by atoms with E-state index in [0.717, 1.165) is 29.0 Å². The van der Waals surface area contributed by atoms with E-state index in [9.17, 15) is 4.79 Å². The topological polar surface area (TPSA) is 50.2 Å². The number of aromatic nitrogens is 1. The molecule has 66 valence electrons. The van der Waals surface area contributed by atoms with Crippen LogP contribution in [0.25, 0.3) is 0 Å². The summed E-state index contributed by atoms with van der Waals surface area (Å²) in [5.74, 6) is 0. The molecule has 1 heterocycles. The number of aryl methyl sites for hydroxylation is 1. The van der Waals surface area contributed by atoms with E-state index in [4.69, 9.17) is 5.11 Å². The SMILES string of the molecule is O=CCc1cnc(CCCO)s1. The summed E-state index contributed by atoms with van der Waals surface area (Å²) in [5, 5.41) is 9.56. The number of carbonyl (C=O) groups excluding carboxylic acids is 1. The monoisotopic (exact) mass is 185 g/mol. The number of aliphatic hydroxyl groups excluding tert-OH is 1. The summed E-state index contributed by atoms with van der Waals surface area (Å²) in [6.45, 7) is 0.197. The Morgan fingerprint density at radius 1 is 1.67 bits per heavy atom. The molecule has 12 heavy (non-hydrogen) atoms. The molecule has 1 N–H and O–H groups in total. The average Bonchev–Trinajstić information content (AvgIpc) is 2.50. The minimum Gasteiger partial charge on any atom is -0.396 e. The molecule has 0 saturated heterocycles. The summed E-state index contributed by atoms with van der Waals surface area (Å²) in [6, 6.07) is 0. The molecular formula is C8H11NO2S. The molecule has 0 amide bonds. The molecule has 1 aromatic rings. The van der Waals surface area contributed by atoms with Crippen molar-refractivity contribution in [2.75, 3.05) is 6.61 Å². The van der Waals surface area contributed by atoms with E-state index in [2.05, 4.69) is 4.98 Å². The van der Waals surface area contributed by atoms with Crippen LogP contribution in [0.5, 0.6) is 0 Å². The molecular weight excluding hydrogens is 174 g/mol. The molecule has 3 nitrogen and oxygen atoms in total. The van der Waals surface area contributed by atoms with Crippen LogP contribution in [0.4, 0.5) is 0 Å². The van der Waals surface area contributed by atoms with Gasteiger partial charge in [-0.2, -0.15) is 0 Å². The molecule has 0 saturated carbocycles. The Morgan fingerprint density at radius 2 is 2.50 bits per heavy atom. The molecule has 0 radical (unpaired) electrons. The van der Waals surface area contributed by atoms with E-state index in [1.165, 1.54) is 0 Å². The minimum absolute atomic E-state index is 0.197. The van der Waals surface area contributed by atoms with E-state index in [-0.39, 0.29) is 6.61 Å². The van der Waals surface area contributed by atoms with Gasteiger partial charge in [0.25, 0.3) is 0 Å². The largest absolute Gasteiger partial charge is 0.396 e. The molecule has 0 bridgehead atoms. The smallest absolute Gasteiger partial charge is 0.125 e. The van der Waals surface area contributed by atoms with Gasteiger partial charge < -0.3 is 9.90 Å². The fourth-order valence-corrected chi connectivity index (χ4v) is 1.78. The van der Waals surface area contributed by atoms with Crippen molar-refractivity contribution in [2.24, 2.45) is 0 Å². The fourth-order valence-electron chi connectivity index (χ4n) is 0.870. The molecule has 0 aliphatic heterocycles. The third-order valence-electron chi connectivity index (χ3n) is 1.43. The fraction of sp³-hybridized carbons (Fsp3) is 0.500. The lowest BCUT2D eigenvalue weighted by atomic mass is 10.3. The number of hydrogen-bond acceptors (Lipinski definition) is 4. The third kappa shape index (κ3) is 2.71. The third-order valence-corrected chi connectivity index (χ3v) is 2.51. The number of rotatable bonds is 5. The average molecular weight is 185 g/mol. The van der Waals surface area contributed by atoms with Crippen LogP contribution < -0.4 is 0 Å². The van der Waals surface area contributed by atoms with Crippen molar-refractivity contribution >= 4 is 17.6 Å². The number of carbonyl (C=O) groups is 1. The van der Waals surface area contributed by atoms with E-state index in [1.807, 2.05) is 0 Å². The zero-order chi connectivity index (χ0) is 8.81. The maximum atomic E-state index is 10.1. The second kappa shape index (κ2) is 5.00. The van der Waals surface area contributed by atoms with Gasteiger partial charge in [0.1, 0.15) is 6.29 Å². The van der Waals surface area contributed by atoms with Gasteiger partial charge in [-0.3, -0.25) is 0 Å². The lowest BCUT2D eigenvalue weighted by Crippen LogP contribution is -1.86. The summed E-state index contributed by atoms with van der Waals surface area (Å²) in [4.78, 5) is 15.3. The normalized spacial score (nSPS) is 10.1. The van der Waals surface area contributed by atoms with E-state index >= 15 is 0 Å². The second-order valence-corrected chi connectivity index (χ2v) is 3.62. The summed E-state index contributed by atoms with van der Waals surface area (Å²) < 4.78 is 0. The van der Waals surface area contributed by atoms with Gasteiger partial charge in [0.05, 0.1) is 5.01 Å². The number of aliphatic hydroxyl groups is 1. The Kier molecular flexibility index (Phi) is 3.90. The van der Waals surface area contributed by atoms with Crippen molar-refractivity contribution in [1.82, 2.24) is 4.98 Å². The lowest BCUT2D eigenvalue weighted by Gasteiger charge is -1.89. The van der Waals surface area contributed by atoms with Gasteiger partial charge in [-0.1, -0.05) is 0 Å². The van der Waals surface area contributed by atoms with Crippen molar-refractivity contribution in [3.05, 3.63) is 16.1 Å². The molecule has 0 atom stereocenters. The molecule has 0 aromatic carbocycles. The van der Waals surface area contributed by atoms with Crippen LogP contribution in [0.3, 0.4) is 0 Å². The second-order valence-electron chi connectivity index (χ2n) is 2.42. The van der Waals surface area contributed by atoms with Crippen LogP contribution in [0.2, 0.25) is 0 Å². The molecule has 1 rings (SSSR count). The number of hydrogen-bond donors (Lipinski definition) is 1. The van der Waals surface area contributed by atoms with Crippen LogP contribution in [-0.2, 0) is 17.6 Å². The van der Waals surface area contributed by atoms with E-state index in [0.29, 0.717) is 6.42 Å². The summed E-state index contributed by atoms with van der Waals surface area (Å²) in [7, 11) is 0. The first-order chi connectivity index (χ1) is 5.86. The molecule has 4 heteroatoms. The van der Waals surface area contributed by atoms with Gasteiger partial charge in [0, 0.05) is 30.5 Å². The molecule has 0 fully saturated rings. The van der Waals surface area contributed by atoms with Gasteiger partial charge >= 0.3 is 0 Å². The zero-order valence-electron chi connectivity index (χ0n) is 6.69. The summed E-state index contributed by atoms with van der Waals surface area (Å²) >= 11 is 1.54. The number of nitrogens with zero attached hydrogens (tertiary/aromatic N) is 1. The Hall–Kier alpha value is -0.740. The molecule has 1 aromatic heterocycles. The highest BCUT2D eigenvalue weighted by atomic mass is 32.1. The zero-order valence-corrected chi connectivity index (χ0v) is 7.51. The maximum Gasteiger partial charge on any atom is 0.125 e. The van der Waals surface area contributed by atoms with Crippen LogP contribution in [0.15, 0.2) is 6.20 Å². The van der Waals surface area contributed by atoms with Crippen LogP contribution in [-0.4, -0.2) is 23.0 Å². The quantitative estimate of drug-likeness (QED) is 0.691. The van der Waals surface area contributed by atoms with Crippen LogP contribution in [0, 0.1) is 0 Å². The lowest BCUT2D eigenvalue weighted by molar-refractivity contribution is -0.107. The molecule has 0 aliphatic rings. The van der Waals surface area contributed by atoms with Crippen molar-refractivity contribution in [3.8, 4) is 0 Å². The predicted molar refractivity (Wildman–Crippen MR) is 47.3 cm³/mol. The summed E-state index contributed by atoms with van der Waals surface area (Å²) in [6.07, 6.45) is 4.61. The van der Waals surface area contributed by atoms with E-state index < -0.39 is 0 Å². The Morgan fingerprint density at radius 3 is 3.17 bits per heavy atom. The van der Waals surface area contributed by atoms with Crippen LogP contribution in [0.1, 0.15) is 16.3 Å². The van der Waals surface area contributed by atoms with Crippen molar-refractivity contribution in [3.63, 3.8) is 0 Å². The summed E-state index contributed by atoms with van der Waals surface area (Å²) in [5.41, 5.74) is 0. The van der Waals surface area contributed by atoms with Gasteiger partial charge in [-0.05, 0) is 6.42 Å². The molecule has 0 spiro atoms. The van der Waals surface area contributed by atoms with Gasteiger partial charge in [0.15, 0.2) is 0 Å².